The monoisotopic (exact) mass is 396 g/mol. The summed E-state index contributed by atoms with van der Waals surface area (Å²) in [7, 11) is 0. The number of nitrogens with zero attached hydrogens (tertiary/aromatic N) is 5. The van der Waals surface area contributed by atoms with Crippen LogP contribution in [0.5, 0.6) is 0 Å². The number of hydrogen-bond acceptors (Lipinski definition) is 5. The number of carbonyl (C=O) groups is 1. The van der Waals surface area contributed by atoms with E-state index in [1.54, 1.807) is 12.4 Å². The first-order chi connectivity index (χ1) is 14.7. The molecular formula is C23H20N6O. The summed E-state index contributed by atoms with van der Waals surface area (Å²) in [6, 6.07) is 16.0. The summed E-state index contributed by atoms with van der Waals surface area (Å²) in [4.78, 5) is 20.1. The van der Waals surface area contributed by atoms with Crippen molar-refractivity contribution in [1.82, 2.24) is 25.0 Å². The summed E-state index contributed by atoms with van der Waals surface area (Å²) < 4.78 is 1.81. The van der Waals surface area contributed by atoms with Gasteiger partial charge >= 0.3 is 0 Å². The van der Waals surface area contributed by atoms with Crippen LogP contribution in [-0.2, 0) is 11.3 Å². The van der Waals surface area contributed by atoms with Gasteiger partial charge in [-0.2, -0.15) is 0 Å². The average Bonchev–Trinajstić information content (AvgIpc) is 3.54. The Labute approximate surface area is 173 Å². The Kier molecular flexibility index (Phi) is 4.77. The molecule has 7 heteroatoms. The van der Waals surface area contributed by atoms with E-state index in [4.69, 9.17) is 0 Å². The van der Waals surface area contributed by atoms with Gasteiger partial charge in [-0.3, -0.25) is 4.79 Å². The molecule has 1 aliphatic carbocycles. The number of benzene rings is 2. The van der Waals surface area contributed by atoms with Crippen molar-refractivity contribution in [3.8, 4) is 22.4 Å². The Bertz CT molecular complexity index is 1170. The third-order valence-corrected chi connectivity index (χ3v) is 5.11. The minimum atomic E-state index is 0.0984. The van der Waals surface area contributed by atoms with Crippen LogP contribution >= 0.6 is 0 Å². The Morgan fingerprint density at radius 3 is 2.57 bits per heavy atom. The molecule has 30 heavy (non-hydrogen) atoms. The summed E-state index contributed by atoms with van der Waals surface area (Å²) in [5.74, 6) is 0.275. The SMILES string of the molecule is O=C(Nc1cccc(-c2cn(Cc3ccc(-c4cncnc4)cc3)nn2)c1)C1CC1. The summed E-state index contributed by atoms with van der Waals surface area (Å²) in [5, 5.41) is 11.5. The number of anilines is 1. The van der Waals surface area contributed by atoms with Gasteiger partial charge in [-0.1, -0.05) is 41.6 Å². The zero-order valence-corrected chi connectivity index (χ0v) is 16.3. The van der Waals surface area contributed by atoms with Gasteiger partial charge in [0.25, 0.3) is 0 Å². The van der Waals surface area contributed by atoms with Crippen LogP contribution in [-0.4, -0.2) is 30.9 Å². The van der Waals surface area contributed by atoms with E-state index in [9.17, 15) is 4.79 Å². The minimum Gasteiger partial charge on any atom is -0.326 e. The van der Waals surface area contributed by atoms with Gasteiger partial charge < -0.3 is 5.32 Å². The molecule has 0 aliphatic heterocycles. The molecule has 0 bridgehead atoms. The van der Waals surface area contributed by atoms with Crippen LogP contribution in [0.2, 0.25) is 0 Å². The number of rotatable bonds is 6. The van der Waals surface area contributed by atoms with E-state index in [0.29, 0.717) is 6.54 Å². The first kappa shape index (κ1) is 18.2. The number of amides is 1. The van der Waals surface area contributed by atoms with Crippen molar-refractivity contribution in [3.63, 3.8) is 0 Å². The van der Waals surface area contributed by atoms with Gasteiger partial charge in [0.1, 0.15) is 12.0 Å². The fourth-order valence-electron chi connectivity index (χ4n) is 3.29. The largest absolute Gasteiger partial charge is 0.326 e. The van der Waals surface area contributed by atoms with Crippen molar-refractivity contribution >= 4 is 11.6 Å². The molecule has 1 aliphatic rings. The summed E-state index contributed by atoms with van der Waals surface area (Å²) >= 11 is 0. The molecule has 2 heterocycles. The van der Waals surface area contributed by atoms with Crippen molar-refractivity contribution < 1.29 is 4.79 Å². The third kappa shape index (κ3) is 4.10. The standard InChI is InChI=1S/C23H20N6O/c30-23(18-8-9-18)26-21-3-1-2-19(10-21)22-14-29(28-27-22)13-16-4-6-17(7-5-16)20-11-24-15-25-12-20/h1-7,10-12,14-15,18H,8-9,13H2,(H,26,30). The van der Waals surface area contributed by atoms with Crippen LogP contribution < -0.4 is 5.32 Å². The van der Waals surface area contributed by atoms with E-state index in [0.717, 1.165) is 46.5 Å². The Balaban J connectivity index is 1.28. The maximum Gasteiger partial charge on any atom is 0.227 e. The van der Waals surface area contributed by atoms with Crippen LogP contribution in [0.15, 0.2) is 73.4 Å². The summed E-state index contributed by atoms with van der Waals surface area (Å²) in [5.41, 5.74) is 5.67. The highest BCUT2D eigenvalue weighted by Gasteiger charge is 2.29. The fourth-order valence-corrected chi connectivity index (χ4v) is 3.29. The lowest BCUT2D eigenvalue weighted by atomic mass is 10.1. The molecule has 2 aromatic heterocycles. The minimum absolute atomic E-state index is 0.0984. The van der Waals surface area contributed by atoms with Crippen LogP contribution in [0.25, 0.3) is 22.4 Å². The lowest BCUT2D eigenvalue weighted by molar-refractivity contribution is -0.117. The van der Waals surface area contributed by atoms with Gasteiger partial charge in [0.2, 0.25) is 5.91 Å². The lowest BCUT2D eigenvalue weighted by Gasteiger charge is -2.05. The molecule has 0 radical (unpaired) electrons. The van der Waals surface area contributed by atoms with Crippen LogP contribution in [0.4, 0.5) is 5.69 Å². The Morgan fingerprint density at radius 2 is 1.80 bits per heavy atom. The van der Waals surface area contributed by atoms with Crippen molar-refractivity contribution in [3.05, 3.63) is 79.0 Å². The van der Waals surface area contributed by atoms with Gasteiger partial charge in [-0.05, 0) is 36.1 Å². The topological polar surface area (TPSA) is 85.6 Å². The van der Waals surface area contributed by atoms with Gasteiger partial charge in [-0.15, -0.1) is 5.10 Å². The molecule has 7 nitrogen and oxygen atoms in total. The van der Waals surface area contributed by atoms with E-state index >= 15 is 0 Å². The van der Waals surface area contributed by atoms with Crippen LogP contribution in [0.1, 0.15) is 18.4 Å². The van der Waals surface area contributed by atoms with Gasteiger partial charge in [0.05, 0.1) is 12.7 Å². The van der Waals surface area contributed by atoms with E-state index in [-0.39, 0.29) is 11.8 Å². The molecule has 148 valence electrons. The normalized spacial score (nSPS) is 13.2. The highest BCUT2D eigenvalue weighted by molar-refractivity contribution is 5.94. The van der Waals surface area contributed by atoms with Crippen molar-refractivity contribution in [1.29, 1.82) is 0 Å². The van der Waals surface area contributed by atoms with E-state index in [2.05, 4.69) is 49.9 Å². The first-order valence-corrected chi connectivity index (χ1v) is 9.90. The summed E-state index contributed by atoms with van der Waals surface area (Å²) in [6.07, 6.45) is 9.01. The van der Waals surface area contributed by atoms with E-state index in [1.807, 2.05) is 35.1 Å². The molecule has 0 unspecified atom stereocenters. The van der Waals surface area contributed by atoms with Crippen molar-refractivity contribution in [2.75, 3.05) is 5.32 Å². The molecular weight excluding hydrogens is 376 g/mol. The smallest absolute Gasteiger partial charge is 0.227 e. The van der Waals surface area contributed by atoms with Gasteiger partial charge in [-0.25, -0.2) is 14.6 Å². The molecule has 5 rings (SSSR count). The molecule has 4 aromatic rings. The average molecular weight is 396 g/mol. The molecule has 0 spiro atoms. The number of aromatic nitrogens is 5. The van der Waals surface area contributed by atoms with Crippen molar-refractivity contribution in [2.24, 2.45) is 5.92 Å². The van der Waals surface area contributed by atoms with Crippen LogP contribution in [0, 0.1) is 5.92 Å². The quantitative estimate of drug-likeness (QED) is 0.536. The second-order valence-electron chi connectivity index (χ2n) is 7.47. The van der Waals surface area contributed by atoms with Gasteiger partial charge in [0, 0.05) is 35.1 Å². The maximum absolute atomic E-state index is 12.0. The lowest BCUT2D eigenvalue weighted by Crippen LogP contribution is -2.13. The van der Waals surface area contributed by atoms with Crippen molar-refractivity contribution in [2.45, 2.75) is 19.4 Å². The number of nitrogens with one attached hydrogen (secondary N) is 1. The van der Waals surface area contributed by atoms with Gasteiger partial charge in [0.15, 0.2) is 0 Å². The molecule has 0 saturated heterocycles. The number of carbonyl (C=O) groups excluding carboxylic acids is 1. The predicted octanol–water partition coefficient (Wildman–Crippen LogP) is 3.80. The Morgan fingerprint density at radius 1 is 1.00 bits per heavy atom. The zero-order chi connectivity index (χ0) is 20.3. The molecule has 1 N–H and O–H groups in total. The first-order valence-electron chi connectivity index (χ1n) is 9.90. The Hall–Kier alpha value is -3.87. The highest BCUT2D eigenvalue weighted by atomic mass is 16.2. The molecule has 0 atom stereocenters. The number of hydrogen-bond donors (Lipinski definition) is 1. The van der Waals surface area contributed by atoms with E-state index < -0.39 is 0 Å². The molecule has 1 amide bonds. The second-order valence-corrected chi connectivity index (χ2v) is 7.47. The summed E-state index contributed by atoms with van der Waals surface area (Å²) in [6.45, 7) is 0.622. The fraction of sp³-hybridized carbons (Fsp3) is 0.174. The highest BCUT2D eigenvalue weighted by Crippen LogP contribution is 2.30. The maximum atomic E-state index is 12.0. The predicted molar refractivity (Wildman–Crippen MR) is 113 cm³/mol. The molecule has 1 fully saturated rings. The third-order valence-electron chi connectivity index (χ3n) is 5.11. The zero-order valence-electron chi connectivity index (χ0n) is 16.3. The second kappa shape index (κ2) is 7.87. The van der Waals surface area contributed by atoms with E-state index in [1.165, 1.54) is 6.33 Å². The molecule has 1 saturated carbocycles. The van der Waals surface area contributed by atoms with Crippen LogP contribution in [0.3, 0.4) is 0 Å². The molecule has 2 aromatic carbocycles.